The molecule has 5 aliphatic heterocycles. The Morgan fingerprint density at radius 2 is 1.88 bits per heavy atom. The Labute approximate surface area is 293 Å². The number of fused-ring (bicyclic) bond motifs is 7. The lowest BCUT2D eigenvalue weighted by Crippen LogP contribution is -2.52. The number of hydrogen-bond acceptors (Lipinski definition) is 13. The van der Waals surface area contributed by atoms with Crippen LogP contribution in [0.1, 0.15) is 58.3 Å². The van der Waals surface area contributed by atoms with Crippen molar-refractivity contribution in [1.82, 2.24) is 10.6 Å². The molecular formula is C36H44N4O7S2. The highest BCUT2D eigenvalue weighted by molar-refractivity contribution is 8.76. The molecular weight excluding hydrogens is 665 g/mol. The van der Waals surface area contributed by atoms with E-state index in [1.165, 1.54) is 6.07 Å². The van der Waals surface area contributed by atoms with Crippen molar-refractivity contribution < 1.29 is 28.5 Å². The normalized spacial score (nSPS) is 31.9. The fourth-order valence-corrected chi connectivity index (χ4v) is 9.50. The molecule has 5 aliphatic rings. The summed E-state index contributed by atoms with van der Waals surface area (Å²) in [4.78, 5) is 26.6. The van der Waals surface area contributed by atoms with Crippen molar-refractivity contribution in [2.75, 3.05) is 11.5 Å². The Morgan fingerprint density at radius 3 is 2.65 bits per heavy atom. The smallest absolute Gasteiger partial charge is 0.341 e. The highest BCUT2D eigenvalue weighted by Gasteiger charge is 2.61. The van der Waals surface area contributed by atoms with Crippen LogP contribution in [0.15, 0.2) is 67.9 Å². The van der Waals surface area contributed by atoms with Crippen molar-refractivity contribution >= 4 is 38.5 Å². The number of nitrogens with one attached hydrogen (secondary N) is 2. The molecule has 6 unspecified atom stereocenters. The lowest BCUT2D eigenvalue weighted by molar-refractivity contribution is -0.168. The van der Waals surface area contributed by atoms with Crippen molar-refractivity contribution in [2.45, 2.75) is 95.8 Å². The van der Waals surface area contributed by atoms with Crippen LogP contribution in [0.5, 0.6) is 11.5 Å². The van der Waals surface area contributed by atoms with E-state index in [0.29, 0.717) is 65.4 Å². The molecule has 262 valence electrons. The molecule has 0 spiro atoms. The first-order valence-electron chi connectivity index (χ1n) is 16.8. The summed E-state index contributed by atoms with van der Waals surface area (Å²) in [5, 5.41) is 18.3. The number of allylic oxidation sites excluding steroid dienone is 2. The topological polar surface area (TPSA) is 175 Å². The van der Waals surface area contributed by atoms with Gasteiger partial charge in [-0.3, -0.25) is 4.79 Å². The number of aryl methyl sites for hydroxylation is 1. The number of benzene rings is 1. The zero-order valence-corrected chi connectivity index (χ0v) is 30.0. The van der Waals surface area contributed by atoms with Crippen molar-refractivity contribution in [1.29, 1.82) is 0 Å². The highest BCUT2D eigenvalue weighted by Crippen LogP contribution is 2.47. The second-order valence-corrected chi connectivity index (χ2v) is 16.9. The Balaban J connectivity index is 1.21. The molecule has 6 atom stereocenters. The van der Waals surface area contributed by atoms with Crippen LogP contribution in [0.2, 0.25) is 0 Å². The molecule has 2 bridgehead atoms. The average molecular weight is 709 g/mol. The predicted octanol–water partition coefficient (Wildman–Crippen LogP) is 4.56. The Bertz CT molecular complexity index is 1900. The fraction of sp³-hybridized carbons (Fsp3) is 0.500. The van der Waals surface area contributed by atoms with Gasteiger partial charge in [0.15, 0.2) is 11.0 Å². The fourth-order valence-electron chi connectivity index (χ4n) is 7.17. The van der Waals surface area contributed by atoms with E-state index in [0.717, 1.165) is 16.7 Å². The summed E-state index contributed by atoms with van der Waals surface area (Å²) in [6, 6.07) is 2.94. The molecule has 0 saturated carbocycles. The number of nitrogens with two attached hydrogens (primary N) is 2. The summed E-state index contributed by atoms with van der Waals surface area (Å²) in [5.41, 5.74) is 14.6. The van der Waals surface area contributed by atoms with Gasteiger partial charge in [0, 0.05) is 53.7 Å². The van der Waals surface area contributed by atoms with Crippen LogP contribution in [0.3, 0.4) is 0 Å². The molecule has 7 rings (SSSR count). The molecule has 11 nitrogen and oxygen atoms in total. The number of carbonyl (C=O) groups is 1. The van der Waals surface area contributed by atoms with Gasteiger partial charge in [-0.15, -0.1) is 0 Å². The van der Waals surface area contributed by atoms with Crippen molar-refractivity contribution in [3.8, 4) is 11.5 Å². The number of hydrogen-bond donors (Lipinski definition) is 5. The summed E-state index contributed by atoms with van der Waals surface area (Å²) >= 11 is 0. The molecule has 7 N–H and O–H groups in total. The van der Waals surface area contributed by atoms with Gasteiger partial charge < -0.3 is 45.8 Å². The summed E-state index contributed by atoms with van der Waals surface area (Å²) in [6.45, 7) is 9.70. The molecule has 0 radical (unpaired) electrons. The van der Waals surface area contributed by atoms with Gasteiger partial charge in [0.05, 0.1) is 18.0 Å². The third-order valence-corrected chi connectivity index (χ3v) is 12.6. The average Bonchev–Trinajstić information content (AvgIpc) is 3.70. The largest absolute Gasteiger partial charge is 0.507 e. The van der Waals surface area contributed by atoms with E-state index in [1.807, 2.05) is 13.0 Å². The lowest BCUT2D eigenvalue weighted by atomic mass is 9.86. The Kier molecular flexibility index (Phi) is 8.68. The van der Waals surface area contributed by atoms with Crippen molar-refractivity contribution in [2.24, 2.45) is 17.4 Å². The van der Waals surface area contributed by atoms with Crippen LogP contribution >= 0.6 is 21.6 Å². The van der Waals surface area contributed by atoms with Crippen LogP contribution in [0, 0.1) is 12.8 Å². The maximum Gasteiger partial charge on any atom is 0.341 e. The summed E-state index contributed by atoms with van der Waals surface area (Å²) < 4.78 is 24.7. The summed E-state index contributed by atoms with van der Waals surface area (Å²) in [5.74, 6) is 3.06. The van der Waals surface area contributed by atoms with E-state index in [4.69, 9.17) is 30.1 Å². The minimum Gasteiger partial charge on any atom is -0.507 e. The van der Waals surface area contributed by atoms with Crippen LogP contribution in [-0.4, -0.2) is 58.1 Å². The van der Waals surface area contributed by atoms with Crippen molar-refractivity contribution in [3.05, 3.63) is 80.3 Å². The number of ether oxygens (including phenoxy) is 3. The Hall–Kier alpha value is -3.68. The van der Waals surface area contributed by atoms with Gasteiger partial charge in [-0.25, -0.2) is 4.79 Å². The first-order chi connectivity index (χ1) is 23.3. The second kappa shape index (κ2) is 12.6. The number of rotatable bonds is 1. The number of carbonyl (C=O) groups excluding carboxylic acids is 1. The molecule has 49 heavy (non-hydrogen) atoms. The van der Waals surface area contributed by atoms with E-state index in [9.17, 15) is 14.7 Å². The maximum atomic E-state index is 13.8. The number of esters is 1. The van der Waals surface area contributed by atoms with Crippen LogP contribution in [0.25, 0.3) is 11.0 Å². The van der Waals surface area contributed by atoms with Crippen LogP contribution in [0.4, 0.5) is 0 Å². The predicted molar refractivity (Wildman–Crippen MR) is 192 cm³/mol. The van der Waals surface area contributed by atoms with Gasteiger partial charge in [-0.05, 0) is 56.8 Å². The van der Waals surface area contributed by atoms with E-state index in [2.05, 4.69) is 36.6 Å². The third kappa shape index (κ3) is 6.29. The summed E-state index contributed by atoms with van der Waals surface area (Å²) in [7, 11) is 3.38. The standard InChI is InChI=1S/C36H44N4O7S2/c1-17(2)23-13-20-22(33(38)40-23)16-49-48-9-8-35(4)29(14-21-26(46-35)15-27-31(32(21)42)25(41)10-18(3)44-27)45-34(43)36(5)28(47-36)7-6-19-11-24(20)39-30(37)12-19/h10-13,15,17,23-24,28-29,39-40,42H,6-9,14,16,37-38H2,1-5H3. The molecule has 1 fully saturated rings. The number of aromatic hydroxyl groups is 1. The zero-order chi connectivity index (χ0) is 34.8. The third-order valence-electron chi connectivity index (χ3n) is 10.3. The van der Waals surface area contributed by atoms with Gasteiger partial charge in [0.2, 0.25) is 0 Å². The number of phenols is 1. The highest BCUT2D eigenvalue weighted by atomic mass is 33.1. The first kappa shape index (κ1) is 33.8. The van der Waals surface area contributed by atoms with Gasteiger partial charge in [-0.2, -0.15) is 0 Å². The molecule has 2 aromatic rings. The summed E-state index contributed by atoms with van der Waals surface area (Å²) in [6.07, 6.45) is 7.26. The number of dihydropyridines is 2. The quantitative estimate of drug-likeness (QED) is 0.159. The number of phenolic OH excluding ortho intramolecular Hbond substituents is 1. The molecule has 1 aromatic heterocycles. The SMILES string of the molecule is Cc1cc(=O)c2c(O)c3c(cc2o1)OC1(C)CCSSCC2=C(N)NC(C(C)C)C=C2C2C=C(C=C(N)N2)CCC2OC2(C)C(=O)OC1C3. The zero-order valence-electron chi connectivity index (χ0n) is 28.4. The van der Waals surface area contributed by atoms with Gasteiger partial charge in [-0.1, -0.05) is 47.6 Å². The molecule has 1 saturated heterocycles. The van der Waals surface area contributed by atoms with E-state index < -0.39 is 23.3 Å². The Morgan fingerprint density at radius 1 is 1.08 bits per heavy atom. The minimum absolute atomic E-state index is 0.0793. The van der Waals surface area contributed by atoms with E-state index >= 15 is 0 Å². The van der Waals surface area contributed by atoms with Crippen LogP contribution < -0.4 is 32.3 Å². The number of epoxide rings is 1. The second-order valence-electron chi connectivity index (χ2n) is 14.3. The lowest BCUT2D eigenvalue weighted by Gasteiger charge is -2.42. The molecule has 0 aliphatic carbocycles. The van der Waals surface area contributed by atoms with Gasteiger partial charge in [0.1, 0.15) is 45.8 Å². The monoisotopic (exact) mass is 708 g/mol. The molecule has 6 heterocycles. The van der Waals surface area contributed by atoms with Gasteiger partial charge >= 0.3 is 5.97 Å². The van der Waals surface area contributed by atoms with E-state index in [-0.39, 0.29) is 46.8 Å². The van der Waals surface area contributed by atoms with Crippen LogP contribution in [-0.2, 0) is 20.7 Å². The first-order valence-corrected chi connectivity index (χ1v) is 19.3. The van der Waals surface area contributed by atoms with Crippen molar-refractivity contribution in [3.63, 3.8) is 0 Å². The molecule has 13 heteroatoms. The molecule has 1 aromatic carbocycles. The van der Waals surface area contributed by atoms with E-state index in [1.54, 1.807) is 41.5 Å². The molecule has 0 amide bonds. The minimum atomic E-state index is -1.12. The maximum absolute atomic E-state index is 13.8. The van der Waals surface area contributed by atoms with Gasteiger partial charge in [0.25, 0.3) is 0 Å².